The van der Waals surface area contributed by atoms with E-state index in [1.165, 1.54) is 0 Å². The molecule has 1 aliphatic rings. The Morgan fingerprint density at radius 3 is 2.50 bits per heavy atom. The molecule has 0 amide bonds. The predicted molar refractivity (Wildman–Crippen MR) is 141 cm³/mol. The van der Waals surface area contributed by atoms with Crippen LogP contribution in [0.2, 0.25) is 0 Å². The molecule has 2 N–H and O–H groups in total. The van der Waals surface area contributed by atoms with Gasteiger partial charge in [0.1, 0.15) is 11.5 Å². The lowest BCUT2D eigenvalue weighted by Crippen LogP contribution is -2.29. The lowest BCUT2D eigenvalue weighted by Gasteiger charge is -2.27. The number of nitrogens with one attached hydrogen (secondary N) is 1. The van der Waals surface area contributed by atoms with Crippen molar-refractivity contribution in [2.45, 2.75) is 19.7 Å². The van der Waals surface area contributed by atoms with Crippen molar-refractivity contribution in [3.05, 3.63) is 130 Å². The van der Waals surface area contributed by atoms with E-state index in [4.69, 9.17) is 14.5 Å². The van der Waals surface area contributed by atoms with Gasteiger partial charge in [0.05, 0.1) is 12.8 Å². The van der Waals surface area contributed by atoms with Crippen LogP contribution in [0.4, 0.5) is 5.69 Å². The molecule has 36 heavy (non-hydrogen) atoms. The smallest absolute Gasteiger partial charge is 0.223 e. The summed E-state index contributed by atoms with van der Waals surface area (Å²) < 4.78 is 11.8. The van der Waals surface area contributed by atoms with Crippen molar-refractivity contribution >= 4 is 17.3 Å². The van der Waals surface area contributed by atoms with Gasteiger partial charge in [0.2, 0.25) is 5.90 Å². The van der Waals surface area contributed by atoms with Crippen LogP contribution in [-0.2, 0) is 11.3 Å². The molecular formula is C30H27N3O3. The van der Waals surface area contributed by atoms with E-state index in [9.17, 15) is 5.21 Å². The van der Waals surface area contributed by atoms with Crippen molar-refractivity contribution in [1.82, 2.24) is 5.32 Å². The molecule has 4 aromatic rings. The Morgan fingerprint density at radius 1 is 0.972 bits per heavy atom. The van der Waals surface area contributed by atoms with Gasteiger partial charge in [0, 0.05) is 28.8 Å². The Kier molecular flexibility index (Phi) is 6.78. The van der Waals surface area contributed by atoms with Crippen LogP contribution in [-0.4, -0.2) is 23.9 Å². The van der Waals surface area contributed by atoms with Crippen molar-refractivity contribution in [1.29, 1.82) is 0 Å². The minimum Gasteiger partial charge on any atom is -0.496 e. The monoisotopic (exact) mass is 477 g/mol. The Labute approximate surface area is 210 Å². The highest BCUT2D eigenvalue weighted by atomic mass is 16.5. The summed E-state index contributed by atoms with van der Waals surface area (Å²) in [6, 6.07) is 31.5. The molecule has 1 unspecified atom stereocenters. The molecule has 5 rings (SSSR count). The van der Waals surface area contributed by atoms with E-state index in [0.717, 1.165) is 39.3 Å². The first-order chi connectivity index (χ1) is 17.7. The summed E-state index contributed by atoms with van der Waals surface area (Å²) in [6.45, 7) is 2.60. The molecule has 6 nitrogen and oxygen atoms in total. The quantitative estimate of drug-likeness (QED) is 0.191. The second kappa shape index (κ2) is 10.5. The van der Waals surface area contributed by atoms with Crippen LogP contribution >= 0.6 is 0 Å². The van der Waals surface area contributed by atoms with Crippen LogP contribution in [0.3, 0.4) is 0 Å². The summed E-state index contributed by atoms with van der Waals surface area (Å²) in [5.74, 6) is 1.23. The molecule has 1 aliphatic heterocycles. The van der Waals surface area contributed by atoms with Gasteiger partial charge in [-0.25, -0.2) is 4.99 Å². The Bertz CT molecular complexity index is 1430. The summed E-state index contributed by atoms with van der Waals surface area (Å²) in [4.78, 5) is 4.83. The van der Waals surface area contributed by atoms with E-state index in [-0.39, 0.29) is 6.23 Å². The minimum atomic E-state index is -0.389. The zero-order valence-corrected chi connectivity index (χ0v) is 20.2. The van der Waals surface area contributed by atoms with Crippen LogP contribution in [0.25, 0.3) is 0 Å². The van der Waals surface area contributed by atoms with Crippen LogP contribution in [0.5, 0.6) is 5.75 Å². The zero-order chi connectivity index (χ0) is 24.9. The third-order valence-corrected chi connectivity index (χ3v) is 6.19. The molecule has 0 spiro atoms. The summed E-state index contributed by atoms with van der Waals surface area (Å²) in [5.41, 5.74) is 6.54. The van der Waals surface area contributed by atoms with Gasteiger partial charge in [-0.3, -0.25) is 5.32 Å². The molecule has 0 aromatic heterocycles. The number of nitrogens with zero attached hydrogens (tertiary/aromatic N) is 2. The highest BCUT2D eigenvalue weighted by Gasteiger charge is 2.27. The maximum absolute atomic E-state index is 10.1. The number of methoxy groups -OCH3 is 1. The lowest BCUT2D eigenvalue weighted by atomic mass is 9.95. The molecule has 1 atom stereocenters. The highest BCUT2D eigenvalue weighted by Crippen LogP contribution is 2.34. The van der Waals surface area contributed by atoms with E-state index in [0.29, 0.717) is 23.7 Å². The fourth-order valence-electron chi connectivity index (χ4n) is 4.37. The lowest BCUT2D eigenvalue weighted by molar-refractivity contribution is 0.148. The SMILES string of the molecule is COc1ccc(/C(=N/O)c2ccccc2C2=Nc3ccccc3C(NCc3ccccc3)O2)cc1C. The van der Waals surface area contributed by atoms with Crippen LogP contribution in [0.1, 0.15) is 39.6 Å². The van der Waals surface area contributed by atoms with Gasteiger partial charge in [-0.1, -0.05) is 71.9 Å². The second-order valence-corrected chi connectivity index (χ2v) is 8.52. The number of aryl methyl sites for hydroxylation is 1. The van der Waals surface area contributed by atoms with Crippen LogP contribution in [0, 0.1) is 6.92 Å². The number of ether oxygens (including phenoxy) is 2. The molecule has 0 aliphatic carbocycles. The van der Waals surface area contributed by atoms with Gasteiger partial charge in [-0.15, -0.1) is 0 Å². The van der Waals surface area contributed by atoms with Gasteiger partial charge in [-0.2, -0.15) is 0 Å². The van der Waals surface area contributed by atoms with Crippen LogP contribution < -0.4 is 10.1 Å². The molecule has 0 fully saturated rings. The Hall–Kier alpha value is -4.42. The number of benzene rings is 4. The second-order valence-electron chi connectivity index (χ2n) is 8.52. The number of aliphatic imine (C=N–C) groups is 1. The molecule has 0 saturated heterocycles. The van der Waals surface area contributed by atoms with E-state index in [2.05, 4.69) is 22.6 Å². The van der Waals surface area contributed by atoms with Gasteiger partial charge in [0.15, 0.2) is 6.23 Å². The van der Waals surface area contributed by atoms with Crippen molar-refractivity contribution in [2.75, 3.05) is 7.11 Å². The third-order valence-electron chi connectivity index (χ3n) is 6.19. The first-order valence-corrected chi connectivity index (χ1v) is 11.8. The molecule has 1 heterocycles. The molecule has 180 valence electrons. The van der Waals surface area contributed by atoms with Gasteiger partial charge in [-0.05, 0) is 48.4 Å². The molecule has 4 aromatic carbocycles. The maximum Gasteiger partial charge on any atom is 0.223 e. The van der Waals surface area contributed by atoms with E-state index < -0.39 is 0 Å². The summed E-state index contributed by atoms with van der Waals surface area (Å²) in [7, 11) is 1.64. The number of para-hydroxylation sites is 1. The fourth-order valence-corrected chi connectivity index (χ4v) is 4.37. The maximum atomic E-state index is 10.1. The first kappa shape index (κ1) is 23.3. The number of oxime groups is 1. The number of hydrogen-bond donors (Lipinski definition) is 2. The molecule has 0 saturated carbocycles. The summed E-state index contributed by atoms with van der Waals surface area (Å²) in [6.07, 6.45) is -0.389. The van der Waals surface area contributed by atoms with Gasteiger partial charge >= 0.3 is 0 Å². The summed E-state index contributed by atoms with van der Waals surface area (Å²) in [5, 5.41) is 17.2. The predicted octanol–water partition coefficient (Wildman–Crippen LogP) is 6.13. The van der Waals surface area contributed by atoms with Crippen LogP contribution in [0.15, 0.2) is 107 Å². The standard InChI is InChI=1S/C30H27N3O3/c1-20-18-22(16-17-27(20)35-2)28(33-34)23-12-6-7-13-24(23)30-32-26-15-9-8-14-25(26)29(36-30)31-19-21-10-4-3-5-11-21/h3-18,29,31,34H,19H2,1-2H3/b33-28-. The topological polar surface area (TPSA) is 75.4 Å². The normalized spacial score (nSPS) is 15.0. The van der Waals surface area contributed by atoms with Gasteiger partial charge < -0.3 is 14.7 Å². The summed E-state index contributed by atoms with van der Waals surface area (Å²) >= 11 is 0. The average molecular weight is 478 g/mol. The van der Waals surface area contributed by atoms with Crippen molar-refractivity contribution in [3.63, 3.8) is 0 Å². The first-order valence-electron chi connectivity index (χ1n) is 11.8. The van der Waals surface area contributed by atoms with E-state index in [1.807, 2.05) is 91.9 Å². The largest absolute Gasteiger partial charge is 0.496 e. The molecular weight excluding hydrogens is 450 g/mol. The molecule has 0 bridgehead atoms. The Morgan fingerprint density at radius 2 is 1.72 bits per heavy atom. The average Bonchev–Trinajstić information content (AvgIpc) is 2.93. The van der Waals surface area contributed by atoms with Gasteiger partial charge in [0.25, 0.3) is 0 Å². The number of fused-ring (bicyclic) bond motifs is 1. The van der Waals surface area contributed by atoms with E-state index in [1.54, 1.807) is 7.11 Å². The number of hydrogen-bond acceptors (Lipinski definition) is 6. The molecule has 0 radical (unpaired) electrons. The number of rotatable bonds is 7. The van der Waals surface area contributed by atoms with Crippen molar-refractivity contribution in [2.24, 2.45) is 10.1 Å². The zero-order valence-electron chi connectivity index (χ0n) is 20.2. The molecule has 6 heteroatoms. The highest BCUT2D eigenvalue weighted by molar-refractivity contribution is 6.18. The van der Waals surface area contributed by atoms with Crippen molar-refractivity contribution < 1.29 is 14.7 Å². The third kappa shape index (κ3) is 4.72. The Balaban J connectivity index is 1.52. The fraction of sp³-hybridized carbons (Fsp3) is 0.133. The van der Waals surface area contributed by atoms with Crippen molar-refractivity contribution in [3.8, 4) is 5.75 Å². The minimum absolute atomic E-state index is 0.389. The van der Waals surface area contributed by atoms with E-state index >= 15 is 0 Å².